The average Bonchev–Trinajstić information content (AvgIpc) is 2.60. The summed E-state index contributed by atoms with van der Waals surface area (Å²) in [6, 6.07) is 6.00. The molecule has 0 aliphatic heterocycles. The third-order valence-electron chi connectivity index (χ3n) is 3.58. The van der Waals surface area contributed by atoms with Gasteiger partial charge in [-0.25, -0.2) is 9.59 Å². The number of carboxylic acid groups (broad SMARTS) is 2. The first-order chi connectivity index (χ1) is 13.0. The first-order valence-corrected chi connectivity index (χ1v) is 8.22. The molecule has 2 N–H and O–H groups in total. The van der Waals surface area contributed by atoms with Crippen LogP contribution in [0.25, 0.3) is 0 Å². The fourth-order valence-corrected chi connectivity index (χ4v) is 2.41. The molecule has 1 unspecified atom stereocenters. The second-order valence-corrected chi connectivity index (χ2v) is 5.97. The Bertz CT molecular complexity index is 897. The van der Waals surface area contributed by atoms with E-state index in [1.54, 1.807) is 6.92 Å². The van der Waals surface area contributed by atoms with E-state index in [1.807, 2.05) is 0 Å². The van der Waals surface area contributed by atoms with Crippen LogP contribution in [0.5, 0.6) is 17.2 Å². The van der Waals surface area contributed by atoms with Crippen LogP contribution in [0.1, 0.15) is 29.3 Å². The van der Waals surface area contributed by atoms with Crippen molar-refractivity contribution in [1.82, 2.24) is 0 Å². The molecule has 0 radical (unpaired) electrons. The Balaban J connectivity index is 2.32. The third-order valence-corrected chi connectivity index (χ3v) is 3.88. The van der Waals surface area contributed by atoms with Gasteiger partial charge < -0.3 is 19.7 Å². The van der Waals surface area contributed by atoms with E-state index in [0.29, 0.717) is 6.07 Å². The van der Waals surface area contributed by atoms with Crippen molar-refractivity contribution in [3.05, 3.63) is 52.5 Å². The lowest BCUT2D eigenvalue weighted by Crippen LogP contribution is -2.26. The van der Waals surface area contributed by atoms with Gasteiger partial charge in [0.25, 0.3) is 0 Å². The van der Waals surface area contributed by atoms with Gasteiger partial charge in [-0.15, -0.1) is 0 Å². The molecule has 0 saturated carbocycles. The van der Waals surface area contributed by atoms with Crippen molar-refractivity contribution in [2.75, 3.05) is 0 Å². The van der Waals surface area contributed by atoms with Crippen molar-refractivity contribution in [3.8, 4) is 17.2 Å². The molecule has 10 heteroatoms. The van der Waals surface area contributed by atoms with Gasteiger partial charge in [-0.05, 0) is 42.8 Å². The maximum atomic E-state index is 12.7. The zero-order chi connectivity index (χ0) is 21.1. The first-order valence-electron chi connectivity index (χ1n) is 7.84. The summed E-state index contributed by atoms with van der Waals surface area (Å²) in [6.07, 6.45) is -5.71. The van der Waals surface area contributed by atoms with Gasteiger partial charge >= 0.3 is 18.1 Å². The number of carboxylic acids is 2. The van der Waals surface area contributed by atoms with E-state index < -0.39 is 29.8 Å². The van der Waals surface area contributed by atoms with Gasteiger partial charge in [0, 0.05) is 0 Å². The van der Waals surface area contributed by atoms with Crippen molar-refractivity contribution in [2.24, 2.45) is 0 Å². The van der Waals surface area contributed by atoms with Gasteiger partial charge in [0.2, 0.25) is 0 Å². The molecule has 0 bridgehead atoms. The molecule has 0 aromatic heterocycles. The molecule has 150 valence electrons. The summed E-state index contributed by atoms with van der Waals surface area (Å²) in [5.74, 6) is -2.99. The molecule has 2 aromatic rings. The summed E-state index contributed by atoms with van der Waals surface area (Å²) >= 11 is 5.81. The molecule has 0 heterocycles. The van der Waals surface area contributed by atoms with Crippen LogP contribution in [0.2, 0.25) is 5.02 Å². The summed E-state index contributed by atoms with van der Waals surface area (Å²) in [7, 11) is 0. The Hall–Kier alpha value is -2.94. The lowest BCUT2D eigenvalue weighted by molar-refractivity contribution is -0.145. The van der Waals surface area contributed by atoms with E-state index in [9.17, 15) is 27.9 Å². The Morgan fingerprint density at radius 1 is 1.11 bits per heavy atom. The molecular formula is C18H14ClF3O6. The minimum absolute atomic E-state index is 0.0326. The number of benzene rings is 2. The maximum Gasteiger partial charge on any atom is 0.416 e. The van der Waals surface area contributed by atoms with E-state index in [2.05, 4.69) is 0 Å². The van der Waals surface area contributed by atoms with Crippen molar-refractivity contribution >= 4 is 23.5 Å². The van der Waals surface area contributed by atoms with Crippen LogP contribution >= 0.6 is 11.6 Å². The lowest BCUT2D eigenvalue weighted by Gasteiger charge is -2.16. The van der Waals surface area contributed by atoms with Crippen molar-refractivity contribution < 1.29 is 42.4 Å². The normalized spacial score (nSPS) is 12.3. The largest absolute Gasteiger partial charge is 0.479 e. The first kappa shape index (κ1) is 21.4. The molecule has 0 fully saturated rings. The van der Waals surface area contributed by atoms with Gasteiger partial charge in [-0.2, -0.15) is 13.2 Å². The Labute approximate surface area is 162 Å². The summed E-state index contributed by atoms with van der Waals surface area (Å²) in [5.41, 5.74) is -1.33. The van der Waals surface area contributed by atoms with Gasteiger partial charge in [0.15, 0.2) is 6.10 Å². The molecule has 2 aromatic carbocycles. The van der Waals surface area contributed by atoms with Crippen LogP contribution in [-0.4, -0.2) is 28.3 Å². The quantitative estimate of drug-likeness (QED) is 0.650. The minimum atomic E-state index is -4.57. The third kappa shape index (κ3) is 5.07. The molecule has 0 aliphatic rings. The van der Waals surface area contributed by atoms with E-state index in [-0.39, 0.29) is 34.3 Å². The highest BCUT2D eigenvalue weighted by Crippen LogP contribution is 2.37. The fraction of sp³-hybridized carbons (Fsp3) is 0.222. The maximum absolute atomic E-state index is 12.7. The Morgan fingerprint density at radius 3 is 2.25 bits per heavy atom. The van der Waals surface area contributed by atoms with E-state index in [0.717, 1.165) is 18.2 Å². The number of aromatic carboxylic acids is 1. The predicted octanol–water partition coefficient (Wildman–Crippen LogP) is 5.09. The van der Waals surface area contributed by atoms with Crippen LogP contribution < -0.4 is 9.47 Å². The number of carbonyl (C=O) groups is 2. The van der Waals surface area contributed by atoms with E-state index in [4.69, 9.17) is 26.2 Å². The molecule has 6 nitrogen and oxygen atoms in total. The van der Waals surface area contributed by atoms with Crippen molar-refractivity contribution in [1.29, 1.82) is 0 Å². The van der Waals surface area contributed by atoms with Gasteiger partial charge in [0.1, 0.15) is 22.8 Å². The lowest BCUT2D eigenvalue weighted by atomic mass is 10.1. The van der Waals surface area contributed by atoms with Crippen LogP contribution in [0, 0.1) is 0 Å². The van der Waals surface area contributed by atoms with Crippen LogP contribution in [-0.2, 0) is 11.0 Å². The van der Waals surface area contributed by atoms with Crippen molar-refractivity contribution in [2.45, 2.75) is 25.6 Å². The van der Waals surface area contributed by atoms with Gasteiger partial charge in [0.05, 0.1) is 10.6 Å². The molecule has 1 atom stereocenters. The Kier molecular flexibility index (Phi) is 6.40. The molecule has 0 aliphatic carbocycles. The average molecular weight is 419 g/mol. The molecule has 2 rings (SSSR count). The number of hydrogen-bond donors (Lipinski definition) is 2. The SMILES string of the molecule is CCC(Oc1ccc(Oc2ccc(C(F)(F)F)cc2Cl)cc1C(=O)O)C(=O)O. The summed E-state index contributed by atoms with van der Waals surface area (Å²) in [5, 5.41) is 18.0. The molecule has 28 heavy (non-hydrogen) atoms. The van der Waals surface area contributed by atoms with E-state index in [1.165, 1.54) is 12.1 Å². The second kappa shape index (κ2) is 8.39. The molecule has 0 spiro atoms. The minimum Gasteiger partial charge on any atom is -0.479 e. The number of rotatable bonds is 7. The number of hydrogen-bond acceptors (Lipinski definition) is 4. The zero-order valence-corrected chi connectivity index (χ0v) is 15.0. The number of halogens is 4. The molecular weight excluding hydrogens is 405 g/mol. The molecule has 0 amide bonds. The fourth-order valence-electron chi connectivity index (χ4n) is 2.19. The zero-order valence-electron chi connectivity index (χ0n) is 14.3. The Morgan fingerprint density at radius 2 is 1.75 bits per heavy atom. The predicted molar refractivity (Wildman–Crippen MR) is 92.3 cm³/mol. The van der Waals surface area contributed by atoms with Gasteiger partial charge in [-0.3, -0.25) is 0 Å². The van der Waals surface area contributed by atoms with Crippen LogP contribution in [0.15, 0.2) is 36.4 Å². The topological polar surface area (TPSA) is 93.1 Å². The number of alkyl halides is 3. The number of ether oxygens (including phenoxy) is 2. The highest BCUT2D eigenvalue weighted by molar-refractivity contribution is 6.32. The smallest absolute Gasteiger partial charge is 0.416 e. The highest BCUT2D eigenvalue weighted by atomic mass is 35.5. The number of aliphatic carboxylic acids is 1. The summed E-state index contributed by atoms with van der Waals surface area (Å²) in [4.78, 5) is 22.5. The summed E-state index contributed by atoms with van der Waals surface area (Å²) in [6.45, 7) is 1.56. The van der Waals surface area contributed by atoms with E-state index >= 15 is 0 Å². The summed E-state index contributed by atoms with van der Waals surface area (Å²) < 4.78 is 48.6. The van der Waals surface area contributed by atoms with Crippen molar-refractivity contribution in [3.63, 3.8) is 0 Å². The standard InChI is InChI=1S/C18H14ClF3O6/c1-2-13(17(25)26)28-14-6-4-10(8-11(14)16(23)24)27-15-5-3-9(7-12(15)19)18(20,21)22/h3-8,13H,2H2,1H3,(H,23,24)(H,25,26). The monoisotopic (exact) mass is 418 g/mol. The highest BCUT2D eigenvalue weighted by Gasteiger charge is 2.31. The van der Waals surface area contributed by atoms with Gasteiger partial charge in [-0.1, -0.05) is 18.5 Å². The molecule has 0 saturated heterocycles. The van der Waals surface area contributed by atoms with Crippen LogP contribution in [0.4, 0.5) is 13.2 Å². The second-order valence-electron chi connectivity index (χ2n) is 5.56. The van der Waals surface area contributed by atoms with Crippen LogP contribution in [0.3, 0.4) is 0 Å².